The van der Waals surface area contributed by atoms with Gasteiger partial charge in [0.25, 0.3) is 0 Å². The summed E-state index contributed by atoms with van der Waals surface area (Å²) < 4.78 is 65.8. The zero-order valence-electron chi connectivity index (χ0n) is 60.3. The van der Waals surface area contributed by atoms with E-state index in [1.54, 1.807) is 40.1 Å². The summed E-state index contributed by atoms with van der Waals surface area (Å²) in [6.45, 7) is 14.0. The molecular formula is C76H100ClN7O18. The number of aliphatic hydroxyl groups is 1. The van der Waals surface area contributed by atoms with E-state index < -0.39 is 71.8 Å². The van der Waals surface area contributed by atoms with E-state index in [1.807, 2.05) is 92.6 Å². The topological polar surface area (TPSA) is 269 Å². The summed E-state index contributed by atoms with van der Waals surface area (Å²) in [6.07, 6.45) is 0.611. The number of halogens is 1. The van der Waals surface area contributed by atoms with Crippen LogP contribution in [0, 0.1) is 12.8 Å². The number of alkyl carbamates (subject to hydrolysis) is 1. The van der Waals surface area contributed by atoms with E-state index in [-0.39, 0.29) is 69.8 Å². The van der Waals surface area contributed by atoms with Crippen molar-refractivity contribution in [2.24, 2.45) is 5.92 Å². The fourth-order valence-corrected chi connectivity index (χ4v) is 13.4. The summed E-state index contributed by atoms with van der Waals surface area (Å²) in [5, 5.41) is 22.1. The van der Waals surface area contributed by atoms with Gasteiger partial charge in [0, 0.05) is 84.3 Å². The third-order valence-electron chi connectivity index (χ3n) is 19.4. The van der Waals surface area contributed by atoms with Crippen molar-refractivity contribution in [1.29, 1.82) is 0 Å². The highest BCUT2D eigenvalue weighted by Gasteiger charge is 2.64. The van der Waals surface area contributed by atoms with Gasteiger partial charge in [0.15, 0.2) is 5.72 Å². The SMILES string of the molecule is CO[C@@H]1/C=C/C=C(\C)Cc2cc(C)c(Cl)c(c2)N(C)C(=O)C[C@H](OC(=O)[C@H](C)N(C)C(=O)CCOCCOCCOCCOCCOCCOCCNC(=O)CCn2c(CN(C)N(C)C(=O)OCC3c4ccccc4-c4ccccc43)cc3ccccc32)[C@]2(C)OC2[C@H](C)[C@@H]2C[C@]1(O)NC(=O)O2. The Balaban J connectivity index is 0.597. The molecule has 0 saturated carbocycles. The number of allylic oxidation sites excluding steroid dienone is 3. The molecule has 1 aromatic heterocycles. The van der Waals surface area contributed by atoms with Crippen LogP contribution in [0.4, 0.5) is 15.3 Å². The number of benzene rings is 4. The standard InChI is InChI=1S/C76H100ClN7O18/c1-50-18-17-25-65(92-10)76(91)47-64(100-73(89)79-76)52(3)71-75(5,102-71)66(46-69(87)82(8)63-44-54(42-50)43-51(2)70(63)77)101-72(88)53(4)81(7)68(86)27-30-93-32-34-95-36-38-97-40-41-98-39-37-96-35-33-94-31-28-78-67(85)26-29-84-56(45-55-19-11-16-24-62(55)84)48-80(6)83(9)74(90)99-49-61-59-22-14-12-20-57(59)58-21-13-15-23-60(58)61/h11-25,43-45,52-53,61,64-66,71,91H,26-42,46-49H2,1-10H3,(H,78,85)(H,79,89)/b25-17+,50-18+/t52-,53+,64+,65-,66+,71?,75+,76-/m1/s1. The molecule has 9 rings (SSSR count). The molecule has 102 heavy (non-hydrogen) atoms. The molecule has 25 nitrogen and oxygen atoms in total. The molecule has 4 heterocycles. The van der Waals surface area contributed by atoms with E-state index in [4.69, 9.17) is 63.7 Å². The zero-order chi connectivity index (χ0) is 73.1. The van der Waals surface area contributed by atoms with Crippen LogP contribution < -0.4 is 15.5 Å². The number of anilines is 1. The molecule has 3 aliphatic heterocycles. The van der Waals surface area contributed by atoms with Gasteiger partial charge in [-0.15, -0.1) is 0 Å². The predicted molar refractivity (Wildman–Crippen MR) is 383 cm³/mol. The Morgan fingerprint density at radius 2 is 1.40 bits per heavy atom. The van der Waals surface area contributed by atoms with Crippen molar-refractivity contribution in [3.63, 3.8) is 0 Å². The predicted octanol–water partition coefficient (Wildman–Crippen LogP) is 8.69. The number of aromatic nitrogens is 1. The molecule has 4 aliphatic rings. The molecule has 26 heteroatoms. The summed E-state index contributed by atoms with van der Waals surface area (Å²) in [5.74, 6) is -2.28. The Hall–Kier alpha value is -7.79. The van der Waals surface area contributed by atoms with Gasteiger partial charge in [-0.2, -0.15) is 0 Å². The monoisotopic (exact) mass is 1430 g/mol. The Morgan fingerprint density at radius 1 is 0.804 bits per heavy atom. The minimum absolute atomic E-state index is 0.0329. The lowest BCUT2D eigenvalue weighted by atomic mass is 9.83. The minimum atomic E-state index is -1.85. The number of nitrogens with one attached hydrogen (secondary N) is 2. The van der Waals surface area contributed by atoms with Gasteiger partial charge in [-0.3, -0.25) is 19.7 Å². The van der Waals surface area contributed by atoms with E-state index in [1.165, 1.54) is 47.0 Å². The second kappa shape index (κ2) is 37.1. The molecular weight excluding hydrogens is 1330 g/mol. The number of methoxy groups -OCH3 is 1. The first kappa shape index (κ1) is 78.3. The number of hydrogen-bond donors (Lipinski definition) is 3. The van der Waals surface area contributed by atoms with Crippen LogP contribution in [0.3, 0.4) is 0 Å². The largest absolute Gasteiger partial charge is 0.457 e. The van der Waals surface area contributed by atoms with E-state index >= 15 is 0 Å². The molecule has 5 aromatic rings. The van der Waals surface area contributed by atoms with E-state index in [0.29, 0.717) is 96.2 Å². The highest BCUT2D eigenvalue weighted by molar-refractivity contribution is 6.34. The lowest BCUT2D eigenvalue weighted by Gasteiger charge is -2.42. The van der Waals surface area contributed by atoms with Gasteiger partial charge in [-0.1, -0.05) is 115 Å². The third-order valence-corrected chi connectivity index (χ3v) is 19.9. The second-order valence-corrected chi connectivity index (χ2v) is 26.9. The molecule has 1 unspecified atom stereocenters. The van der Waals surface area contributed by atoms with E-state index in [9.17, 15) is 33.9 Å². The number of para-hydroxylation sites is 1. The summed E-state index contributed by atoms with van der Waals surface area (Å²) >= 11 is 6.85. The number of fused-ring (bicyclic) bond motifs is 9. The maximum absolute atomic E-state index is 14.3. The molecule has 2 fully saturated rings. The van der Waals surface area contributed by atoms with Crippen molar-refractivity contribution in [3.8, 4) is 11.1 Å². The number of aryl methyl sites for hydroxylation is 2. The maximum atomic E-state index is 14.3. The van der Waals surface area contributed by atoms with Crippen LogP contribution in [0.15, 0.2) is 115 Å². The second-order valence-electron chi connectivity index (χ2n) is 26.5. The first-order chi connectivity index (χ1) is 49.0. The van der Waals surface area contributed by atoms with Crippen LogP contribution in [-0.2, 0) is 90.8 Å². The first-order valence-electron chi connectivity index (χ1n) is 34.9. The molecule has 4 aromatic carbocycles. The lowest BCUT2D eigenvalue weighted by Crippen LogP contribution is -2.63. The Labute approximate surface area is 602 Å². The fourth-order valence-electron chi connectivity index (χ4n) is 13.2. The van der Waals surface area contributed by atoms with Crippen LogP contribution in [-0.4, -0.2) is 230 Å². The number of hydrazine groups is 1. The molecule has 2 saturated heterocycles. The van der Waals surface area contributed by atoms with Gasteiger partial charge in [-0.05, 0) is 91.1 Å². The average Bonchev–Trinajstić information content (AvgIpc) is 1.57. The number of amides is 5. The highest BCUT2D eigenvalue weighted by Crippen LogP contribution is 2.50. The number of carbonyl (C=O) groups is 6. The molecule has 3 N–H and O–H groups in total. The molecule has 1 aliphatic carbocycles. The van der Waals surface area contributed by atoms with Crippen molar-refractivity contribution >= 4 is 64.1 Å². The van der Waals surface area contributed by atoms with Gasteiger partial charge in [0.1, 0.15) is 36.6 Å². The van der Waals surface area contributed by atoms with Gasteiger partial charge < -0.3 is 76.9 Å². The van der Waals surface area contributed by atoms with Crippen molar-refractivity contribution in [2.45, 2.75) is 128 Å². The highest BCUT2D eigenvalue weighted by atomic mass is 35.5. The Morgan fingerprint density at radius 3 is 2.04 bits per heavy atom. The number of rotatable bonds is 33. The van der Waals surface area contributed by atoms with Crippen molar-refractivity contribution < 1.29 is 86.0 Å². The Kier molecular flexibility index (Phi) is 28.5. The quantitative estimate of drug-likeness (QED) is 0.0116. The van der Waals surface area contributed by atoms with Crippen molar-refractivity contribution in [1.82, 2.24) is 30.1 Å². The molecule has 554 valence electrons. The van der Waals surface area contributed by atoms with Crippen LogP contribution in [0.5, 0.6) is 0 Å². The molecule has 4 bridgehead atoms. The number of carbonyl (C=O) groups excluding carboxylic acids is 6. The van der Waals surface area contributed by atoms with Gasteiger partial charge in [0.05, 0.1) is 115 Å². The number of nitrogens with zero attached hydrogens (tertiary/aromatic N) is 5. The minimum Gasteiger partial charge on any atom is -0.457 e. The molecule has 0 spiro atoms. The first-order valence-corrected chi connectivity index (χ1v) is 35.3. The number of epoxide rings is 1. The molecule has 8 atom stereocenters. The van der Waals surface area contributed by atoms with E-state index in [2.05, 4.69) is 45.5 Å². The number of hydrogen-bond acceptors (Lipinski definition) is 19. The fraction of sp³-hybridized carbons (Fsp3) is 0.526. The average molecular weight is 1440 g/mol. The summed E-state index contributed by atoms with van der Waals surface area (Å²) in [6, 6.07) is 29.3. The normalized spacial score (nSPS) is 22.3. The van der Waals surface area contributed by atoms with Crippen molar-refractivity contribution in [2.75, 3.05) is 133 Å². The summed E-state index contributed by atoms with van der Waals surface area (Å²) in [7, 11) is 8.07. The zero-order valence-corrected chi connectivity index (χ0v) is 61.0. The molecule has 5 amide bonds. The smallest absolute Gasteiger partial charge is 0.424 e. The van der Waals surface area contributed by atoms with Gasteiger partial charge >= 0.3 is 18.2 Å². The number of esters is 1. The summed E-state index contributed by atoms with van der Waals surface area (Å²) in [4.78, 5) is 84.0. The number of likely N-dealkylation sites (N-methyl/N-ethyl adjacent to an activating group) is 1. The lowest BCUT2D eigenvalue weighted by molar-refractivity contribution is -0.162. The summed E-state index contributed by atoms with van der Waals surface area (Å²) in [5.41, 5.74) is 6.55. The van der Waals surface area contributed by atoms with Gasteiger partial charge in [0.2, 0.25) is 17.7 Å². The van der Waals surface area contributed by atoms with Crippen LogP contribution in [0.2, 0.25) is 5.02 Å². The van der Waals surface area contributed by atoms with Crippen molar-refractivity contribution in [3.05, 3.63) is 148 Å². The molecule has 0 radical (unpaired) electrons. The maximum Gasteiger partial charge on any atom is 0.424 e. The Bertz CT molecular complexity index is 3710. The van der Waals surface area contributed by atoms with Crippen LogP contribution in [0.1, 0.15) is 87.2 Å². The number of ether oxygens (including phenoxy) is 11. The van der Waals surface area contributed by atoms with Crippen LogP contribution >= 0.6 is 11.6 Å². The van der Waals surface area contributed by atoms with E-state index in [0.717, 1.165) is 44.4 Å². The van der Waals surface area contributed by atoms with Gasteiger partial charge in [-0.25, -0.2) is 24.4 Å². The van der Waals surface area contributed by atoms with Crippen LogP contribution in [0.25, 0.3) is 22.0 Å². The third kappa shape index (κ3) is 20.3.